The van der Waals surface area contributed by atoms with Gasteiger partial charge in [-0.2, -0.15) is 5.10 Å². The van der Waals surface area contributed by atoms with Gasteiger partial charge in [0.1, 0.15) is 5.82 Å². The molecule has 5 nitrogen and oxygen atoms in total. The lowest BCUT2D eigenvalue weighted by Gasteiger charge is -2.11. The number of hydrogen-bond acceptors (Lipinski definition) is 3. The highest BCUT2D eigenvalue weighted by molar-refractivity contribution is 9.10. The van der Waals surface area contributed by atoms with Gasteiger partial charge in [-0.3, -0.25) is 14.0 Å². The molecule has 0 amide bonds. The molecule has 2 rings (SSSR count). The van der Waals surface area contributed by atoms with Crippen LogP contribution in [0, 0.1) is 13.8 Å². The molecule has 0 radical (unpaired) electrons. The highest BCUT2D eigenvalue weighted by atomic mass is 79.9. The minimum atomic E-state index is -0.0243. The third-order valence-electron chi connectivity index (χ3n) is 3.33. The molecule has 0 fully saturated rings. The van der Waals surface area contributed by atoms with Crippen molar-refractivity contribution in [3.63, 3.8) is 0 Å². The molecule has 0 aromatic carbocycles. The van der Waals surface area contributed by atoms with E-state index in [1.807, 2.05) is 25.5 Å². The summed E-state index contributed by atoms with van der Waals surface area (Å²) in [5, 5.41) is 4.55. The monoisotopic (exact) mass is 338 g/mol. The number of halogens is 1. The van der Waals surface area contributed by atoms with Crippen LogP contribution in [0.25, 0.3) is 0 Å². The van der Waals surface area contributed by atoms with Crippen LogP contribution >= 0.6 is 15.9 Å². The van der Waals surface area contributed by atoms with Gasteiger partial charge in [-0.25, -0.2) is 4.98 Å². The van der Waals surface area contributed by atoms with Gasteiger partial charge in [0.15, 0.2) is 0 Å². The summed E-state index contributed by atoms with van der Waals surface area (Å²) in [6.45, 7) is 9.07. The second-order valence-electron chi connectivity index (χ2n) is 4.75. The van der Waals surface area contributed by atoms with Gasteiger partial charge in [0.25, 0.3) is 5.56 Å². The van der Waals surface area contributed by atoms with Gasteiger partial charge in [-0.05, 0) is 43.1 Å². The second-order valence-corrected chi connectivity index (χ2v) is 5.54. The van der Waals surface area contributed by atoms with Crippen molar-refractivity contribution in [2.24, 2.45) is 0 Å². The van der Waals surface area contributed by atoms with Crippen LogP contribution in [-0.2, 0) is 19.5 Å². The quantitative estimate of drug-likeness (QED) is 0.860. The fourth-order valence-corrected chi connectivity index (χ4v) is 2.96. The largest absolute Gasteiger partial charge is 0.291 e. The summed E-state index contributed by atoms with van der Waals surface area (Å²) in [5.74, 6) is 0.726. The minimum Gasteiger partial charge on any atom is -0.291 e. The maximum atomic E-state index is 12.1. The van der Waals surface area contributed by atoms with E-state index in [4.69, 9.17) is 0 Å². The van der Waals surface area contributed by atoms with Gasteiger partial charge in [0.05, 0.1) is 22.4 Å². The van der Waals surface area contributed by atoms with Gasteiger partial charge >= 0.3 is 0 Å². The molecule has 0 unspecified atom stereocenters. The lowest BCUT2D eigenvalue weighted by atomic mass is 10.3. The summed E-state index contributed by atoms with van der Waals surface area (Å²) in [5.41, 5.74) is 2.76. The van der Waals surface area contributed by atoms with E-state index in [0.29, 0.717) is 6.54 Å². The van der Waals surface area contributed by atoms with Crippen LogP contribution in [0.5, 0.6) is 0 Å². The Labute approximate surface area is 126 Å². The fraction of sp³-hybridized carbons (Fsp3) is 0.500. The zero-order chi connectivity index (χ0) is 14.9. The van der Waals surface area contributed by atoms with Crippen LogP contribution in [-0.4, -0.2) is 19.3 Å². The van der Waals surface area contributed by atoms with E-state index < -0.39 is 0 Å². The molecule has 0 atom stereocenters. The molecule has 0 aliphatic rings. The smallest absolute Gasteiger partial charge is 0.254 e. The van der Waals surface area contributed by atoms with Gasteiger partial charge in [-0.1, -0.05) is 6.92 Å². The number of aryl methyl sites for hydroxylation is 4. The molecule has 2 heterocycles. The maximum absolute atomic E-state index is 12.1. The van der Waals surface area contributed by atoms with E-state index in [-0.39, 0.29) is 5.56 Å². The van der Waals surface area contributed by atoms with Crippen LogP contribution in [0.3, 0.4) is 0 Å². The van der Waals surface area contributed by atoms with Crippen LogP contribution < -0.4 is 5.56 Å². The molecular formula is C14H19BrN4O. The van der Waals surface area contributed by atoms with Gasteiger partial charge in [0.2, 0.25) is 0 Å². The molecule has 108 valence electrons. The highest BCUT2D eigenvalue weighted by Gasteiger charge is 2.15. The Morgan fingerprint density at radius 1 is 1.30 bits per heavy atom. The first-order chi connectivity index (χ1) is 9.47. The van der Waals surface area contributed by atoms with Crippen molar-refractivity contribution < 1.29 is 0 Å². The fourth-order valence-electron chi connectivity index (χ4n) is 2.27. The molecule has 0 N–H and O–H groups in total. The standard InChI is InChI=1S/C14H19BrN4O/c1-5-11-14(15)12(19(6-2)17-11)8-18-10(4)16-9(3)7-13(18)20/h7H,5-6,8H2,1-4H3. The van der Waals surface area contributed by atoms with E-state index in [9.17, 15) is 4.79 Å². The average Bonchev–Trinajstić information content (AvgIpc) is 2.70. The molecule has 20 heavy (non-hydrogen) atoms. The van der Waals surface area contributed by atoms with E-state index in [1.165, 1.54) is 0 Å². The maximum Gasteiger partial charge on any atom is 0.254 e. The topological polar surface area (TPSA) is 52.7 Å². The summed E-state index contributed by atoms with van der Waals surface area (Å²) in [7, 11) is 0. The number of nitrogens with zero attached hydrogens (tertiary/aromatic N) is 4. The SMILES string of the molecule is CCc1nn(CC)c(Cn2c(C)nc(C)cc2=O)c1Br. The van der Waals surface area contributed by atoms with Crippen LogP contribution in [0.4, 0.5) is 0 Å². The molecule has 0 aliphatic carbocycles. The zero-order valence-electron chi connectivity index (χ0n) is 12.3. The second kappa shape index (κ2) is 5.91. The minimum absolute atomic E-state index is 0.0243. The molecule has 6 heteroatoms. The summed E-state index contributed by atoms with van der Waals surface area (Å²) < 4.78 is 4.61. The summed E-state index contributed by atoms with van der Waals surface area (Å²) in [4.78, 5) is 16.5. The third-order valence-corrected chi connectivity index (χ3v) is 4.24. The van der Waals surface area contributed by atoms with Crippen LogP contribution in [0.2, 0.25) is 0 Å². The van der Waals surface area contributed by atoms with E-state index in [2.05, 4.69) is 32.9 Å². The van der Waals surface area contributed by atoms with Crippen molar-refractivity contribution in [1.82, 2.24) is 19.3 Å². The number of rotatable bonds is 4. The molecule has 2 aromatic rings. The molecule has 0 bridgehead atoms. The summed E-state index contributed by atoms with van der Waals surface area (Å²) >= 11 is 3.61. The predicted octanol–water partition coefficient (Wildman–Crippen LogP) is 2.45. The van der Waals surface area contributed by atoms with Gasteiger partial charge in [-0.15, -0.1) is 0 Å². The normalized spacial score (nSPS) is 11.1. The van der Waals surface area contributed by atoms with Crippen LogP contribution in [0.15, 0.2) is 15.3 Å². The molecule has 0 aliphatic heterocycles. The van der Waals surface area contributed by atoms with E-state index >= 15 is 0 Å². The molecule has 2 aromatic heterocycles. The van der Waals surface area contributed by atoms with Crippen molar-refractivity contribution in [2.45, 2.75) is 47.2 Å². The van der Waals surface area contributed by atoms with E-state index in [1.54, 1.807) is 10.6 Å². The van der Waals surface area contributed by atoms with Crippen molar-refractivity contribution >= 4 is 15.9 Å². The van der Waals surface area contributed by atoms with E-state index in [0.717, 1.165) is 40.3 Å². The average molecular weight is 339 g/mol. The van der Waals surface area contributed by atoms with Crippen molar-refractivity contribution in [1.29, 1.82) is 0 Å². The first-order valence-electron chi connectivity index (χ1n) is 6.77. The molecule has 0 saturated carbocycles. The molecule has 0 saturated heterocycles. The van der Waals surface area contributed by atoms with Crippen LogP contribution in [0.1, 0.15) is 36.8 Å². The summed E-state index contributed by atoms with van der Waals surface area (Å²) in [6, 6.07) is 1.56. The third kappa shape index (κ3) is 2.70. The van der Waals surface area contributed by atoms with Gasteiger partial charge < -0.3 is 0 Å². The molecule has 0 spiro atoms. The number of hydrogen-bond donors (Lipinski definition) is 0. The Balaban J connectivity index is 2.50. The Morgan fingerprint density at radius 2 is 2.00 bits per heavy atom. The highest BCUT2D eigenvalue weighted by Crippen LogP contribution is 2.23. The first-order valence-corrected chi connectivity index (χ1v) is 7.56. The number of aromatic nitrogens is 4. The Bertz CT molecular complexity index is 687. The first kappa shape index (κ1) is 15.0. The predicted molar refractivity (Wildman–Crippen MR) is 82.1 cm³/mol. The Hall–Kier alpha value is -1.43. The zero-order valence-corrected chi connectivity index (χ0v) is 13.9. The van der Waals surface area contributed by atoms with Crippen molar-refractivity contribution in [2.75, 3.05) is 0 Å². The lowest BCUT2D eigenvalue weighted by molar-refractivity contribution is 0.578. The summed E-state index contributed by atoms with van der Waals surface area (Å²) in [6.07, 6.45) is 0.862. The Morgan fingerprint density at radius 3 is 2.55 bits per heavy atom. The van der Waals surface area contributed by atoms with Crippen molar-refractivity contribution in [3.8, 4) is 0 Å². The van der Waals surface area contributed by atoms with Crippen molar-refractivity contribution in [3.05, 3.63) is 43.8 Å². The van der Waals surface area contributed by atoms with Gasteiger partial charge in [0, 0.05) is 18.3 Å². The molecular weight excluding hydrogens is 320 g/mol. The lowest BCUT2D eigenvalue weighted by Crippen LogP contribution is -2.25. The Kier molecular flexibility index (Phi) is 4.42.